The molecule has 0 unspecified atom stereocenters. The maximum atomic E-state index is 9.17. The molecule has 0 bridgehead atoms. The Morgan fingerprint density at radius 3 is 2.83 bits per heavy atom. The van der Waals surface area contributed by atoms with Crippen LogP contribution in [-0.4, -0.2) is 11.7 Å². The van der Waals surface area contributed by atoms with E-state index in [4.69, 9.17) is 22.4 Å². The Morgan fingerprint density at radius 1 is 1.50 bits per heavy atom. The summed E-state index contributed by atoms with van der Waals surface area (Å²) in [6.07, 6.45) is 0. The first-order valence-electron chi connectivity index (χ1n) is 3.41. The zero-order valence-electron chi connectivity index (χ0n) is 6.34. The molecule has 3 N–H and O–H groups in total. The molecular formula is C9H8ClNO. The van der Waals surface area contributed by atoms with Gasteiger partial charge in [-0.3, -0.25) is 0 Å². The van der Waals surface area contributed by atoms with Crippen molar-refractivity contribution in [2.45, 2.75) is 0 Å². The fourth-order valence-electron chi connectivity index (χ4n) is 0.744. The first kappa shape index (κ1) is 8.92. The van der Waals surface area contributed by atoms with Gasteiger partial charge in [0.2, 0.25) is 0 Å². The van der Waals surface area contributed by atoms with Gasteiger partial charge in [0, 0.05) is 5.56 Å². The van der Waals surface area contributed by atoms with Crippen LogP contribution in [-0.2, 0) is 0 Å². The molecule has 62 valence electrons. The predicted molar refractivity (Wildman–Crippen MR) is 49.0 cm³/mol. The van der Waals surface area contributed by atoms with Crippen LogP contribution in [0, 0.1) is 11.8 Å². The predicted octanol–water partition coefficient (Wildman–Crippen LogP) is 1.36. The SMILES string of the molecule is NCC#Cc1ccc(Cl)c(O)c1. The number of benzene rings is 1. The molecule has 1 rings (SSSR count). The summed E-state index contributed by atoms with van der Waals surface area (Å²) in [6.45, 7) is 0.309. The standard InChI is InChI=1S/C9H8ClNO/c10-8-4-3-7(2-1-5-11)6-9(8)12/h3-4,6,12H,5,11H2. The Bertz CT molecular complexity index is 338. The second-order valence-corrected chi connectivity index (χ2v) is 2.58. The number of nitrogens with two attached hydrogens (primary N) is 1. The molecule has 3 heteroatoms. The van der Waals surface area contributed by atoms with E-state index >= 15 is 0 Å². The highest BCUT2D eigenvalue weighted by molar-refractivity contribution is 6.32. The highest BCUT2D eigenvalue weighted by atomic mass is 35.5. The fourth-order valence-corrected chi connectivity index (χ4v) is 0.861. The van der Waals surface area contributed by atoms with Gasteiger partial charge in [-0.15, -0.1) is 0 Å². The number of halogens is 1. The molecular weight excluding hydrogens is 174 g/mol. The molecule has 1 aromatic rings. The highest BCUT2D eigenvalue weighted by Gasteiger charge is 1.96. The topological polar surface area (TPSA) is 46.2 Å². The van der Waals surface area contributed by atoms with Crippen molar-refractivity contribution < 1.29 is 5.11 Å². The Kier molecular flexibility index (Phi) is 2.98. The van der Waals surface area contributed by atoms with Crippen molar-refractivity contribution >= 4 is 11.6 Å². The average Bonchev–Trinajstić information content (AvgIpc) is 2.07. The molecule has 0 aliphatic heterocycles. The summed E-state index contributed by atoms with van der Waals surface area (Å²) in [7, 11) is 0. The second-order valence-electron chi connectivity index (χ2n) is 2.17. The average molecular weight is 182 g/mol. The van der Waals surface area contributed by atoms with Crippen LogP contribution in [0.4, 0.5) is 0 Å². The molecule has 1 aromatic carbocycles. The van der Waals surface area contributed by atoms with E-state index in [2.05, 4.69) is 11.8 Å². The van der Waals surface area contributed by atoms with Gasteiger partial charge in [0.25, 0.3) is 0 Å². The van der Waals surface area contributed by atoms with Gasteiger partial charge < -0.3 is 10.8 Å². The van der Waals surface area contributed by atoms with Gasteiger partial charge in [0.15, 0.2) is 0 Å². The molecule has 12 heavy (non-hydrogen) atoms. The summed E-state index contributed by atoms with van der Waals surface area (Å²) in [6, 6.07) is 4.83. The van der Waals surface area contributed by atoms with Crippen LogP contribution in [0.1, 0.15) is 5.56 Å². The monoisotopic (exact) mass is 181 g/mol. The van der Waals surface area contributed by atoms with Gasteiger partial charge in [-0.05, 0) is 18.2 Å². The Morgan fingerprint density at radius 2 is 2.25 bits per heavy atom. The smallest absolute Gasteiger partial charge is 0.135 e. The molecule has 0 fully saturated rings. The van der Waals surface area contributed by atoms with E-state index in [0.717, 1.165) is 0 Å². The number of phenolic OH excluding ortho intramolecular Hbond substituents is 1. The molecule has 2 nitrogen and oxygen atoms in total. The fraction of sp³-hybridized carbons (Fsp3) is 0.111. The molecule has 0 saturated heterocycles. The number of hydrogen-bond donors (Lipinski definition) is 2. The van der Waals surface area contributed by atoms with E-state index in [1.807, 2.05) is 0 Å². The van der Waals surface area contributed by atoms with E-state index in [0.29, 0.717) is 17.1 Å². The van der Waals surface area contributed by atoms with Crippen LogP contribution in [0.3, 0.4) is 0 Å². The lowest BCUT2D eigenvalue weighted by molar-refractivity contribution is 0.475. The van der Waals surface area contributed by atoms with Gasteiger partial charge in [0.1, 0.15) is 5.75 Å². The summed E-state index contributed by atoms with van der Waals surface area (Å²) in [5.74, 6) is 5.50. The van der Waals surface area contributed by atoms with E-state index in [1.165, 1.54) is 6.07 Å². The van der Waals surface area contributed by atoms with Crippen molar-refractivity contribution in [3.8, 4) is 17.6 Å². The molecule has 0 aliphatic rings. The van der Waals surface area contributed by atoms with E-state index in [1.54, 1.807) is 12.1 Å². The first-order valence-corrected chi connectivity index (χ1v) is 3.79. The first-order chi connectivity index (χ1) is 5.74. The molecule has 0 aliphatic carbocycles. The molecule has 0 spiro atoms. The number of phenols is 1. The molecule has 0 amide bonds. The van der Waals surface area contributed by atoms with Gasteiger partial charge in [0.05, 0.1) is 11.6 Å². The number of hydrogen-bond acceptors (Lipinski definition) is 2. The van der Waals surface area contributed by atoms with Crippen LogP contribution >= 0.6 is 11.6 Å². The number of aromatic hydroxyl groups is 1. The zero-order chi connectivity index (χ0) is 8.97. The summed E-state index contributed by atoms with van der Waals surface area (Å²) in [5.41, 5.74) is 5.89. The highest BCUT2D eigenvalue weighted by Crippen LogP contribution is 2.22. The van der Waals surface area contributed by atoms with Crippen LogP contribution in [0.5, 0.6) is 5.75 Å². The third-order valence-electron chi connectivity index (χ3n) is 1.28. The Hall–Kier alpha value is -1.17. The van der Waals surface area contributed by atoms with Crippen LogP contribution < -0.4 is 5.73 Å². The molecule has 0 atom stereocenters. The zero-order valence-corrected chi connectivity index (χ0v) is 7.10. The third kappa shape index (κ3) is 2.16. The third-order valence-corrected chi connectivity index (χ3v) is 1.60. The van der Waals surface area contributed by atoms with Gasteiger partial charge in [-0.25, -0.2) is 0 Å². The molecule has 0 radical (unpaired) electrons. The largest absolute Gasteiger partial charge is 0.506 e. The Labute approximate surface area is 76.0 Å². The minimum atomic E-state index is 0.0421. The summed E-state index contributed by atoms with van der Waals surface area (Å²) < 4.78 is 0. The summed E-state index contributed by atoms with van der Waals surface area (Å²) in [5, 5.41) is 9.50. The normalized spacial score (nSPS) is 8.83. The van der Waals surface area contributed by atoms with Crippen molar-refractivity contribution in [2.24, 2.45) is 5.73 Å². The van der Waals surface area contributed by atoms with E-state index in [9.17, 15) is 0 Å². The minimum absolute atomic E-state index is 0.0421. The van der Waals surface area contributed by atoms with Crippen LogP contribution in [0.2, 0.25) is 5.02 Å². The Balaban J connectivity index is 2.97. The van der Waals surface area contributed by atoms with Crippen LogP contribution in [0.15, 0.2) is 18.2 Å². The van der Waals surface area contributed by atoms with Crippen molar-refractivity contribution in [1.82, 2.24) is 0 Å². The minimum Gasteiger partial charge on any atom is -0.506 e. The number of rotatable bonds is 0. The molecule has 0 aromatic heterocycles. The lowest BCUT2D eigenvalue weighted by Crippen LogP contribution is -1.92. The maximum absolute atomic E-state index is 9.17. The summed E-state index contributed by atoms with van der Waals surface area (Å²) >= 11 is 5.59. The maximum Gasteiger partial charge on any atom is 0.135 e. The van der Waals surface area contributed by atoms with E-state index < -0.39 is 0 Å². The second kappa shape index (κ2) is 4.01. The molecule has 0 heterocycles. The molecule has 0 saturated carbocycles. The quantitative estimate of drug-likeness (QED) is 0.594. The van der Waals surface area contributed by atoms with Gasteiger partial charge in [-0.2, -0.15) is 0 Å². The van der Waals surface area contributed by atoms with Gasteiger partial charge >= 0.3 is 0 Å². The lowest BCUT2D eigenvalue weighted by Gasteiger charge is -1.95. The van der Waals surface area contributed by atoms with Crippen LogP contribution in [0.25, 0.3) is 0 Å². The summed E-state index contributed by atoms with van der Waals surface area (Å²) in [4.78, 5) is 0. The van der Waals surface area contributed by atoms with E-state index in [-0.39, 0.29) is 5.75 Å². The lowest BCUT2D eigenvalue weighted by atomic mass is 10.2. The van der Waals surface area contributed by atoms with Crippen molar-refractivity contribution in [3.63, 3.8) is 0 Å². The van der Waals surface area contributed by atoms with Crippen molar-refractivity contribution in [1.29, 1.82) is 0 Å². The van der Waals surface area contributed by atoms with Crippen molar-refractivity contribution in [3.05, 3.63) is 28.8 Å². The van der Waals surface area contributed by atoms with Crippen molar-refractivity contribution in [2.75, 3.05) is 6.54 Å². The van der Waals surface area contributed by atoms with Gasteiger partial charge in [-0.1, -0.05) is 23.4 Å².